The highest BCUT2D eigenvalue weighted by atomic mass is 19.1. The van der Waals surface area contributed by atoms with Gasteiger partial charge in [0.1, 0.15) is 83.3 Å². The van der Waals surface area contributed by atoms with Crippen molar-refractivity contribution in [1.82, 2.24) is 24.3 Å². The third-order valence-corrected chi connectivity index (χ3v) is 9.92. The molecule has 0 aromatic carbocycles. The third kappa shape index (κ3) is 8.92. The number of halogens is 1. The molecule has 2 aromatic rings. The summed E-state index contributed by atoms with van der Waals surface area (Å²) in [4.78, 5) is 21.0. The highest BCUT2D eigenvalue weighted by Gasteiger charge is 2.57. The lowest BCUT2D eigenvalue weighted by Gasteiger charge is -2.34. The molecule has 0 spiro atoms. The molecule has 0 aliphatic carbocycles. The van der Waals surface area contributed by atoms with E-state index in [0.717, 1.165) is 0 Å². The highest BCUT2D eigenvalue weighted by Crippen LogP contribution is 2.41. The Morgan fingerprint density at radius 2 is 1.43 bits per heavy atom. The van der Waals surface area contributed by atoms with Crippen LogP contribution in [0.2, 0.25) is 0 Å². The van der Waals surface area contributed by atoms with Crippen molar-refractivity contribution in [2.24, 2.45) is 26.6 Å². The summed E-state index contributed by atoms with van der Waals surface area (Å²) in [6.07, 6.45) is -1.76. The number of anilines is 1. The van der Waals surface area contributed by atoms with Crippen LogP contribution in [-0.4, -0.2) is 163 Å². The quantitative estimate of drug-likeness (QED) is 0.0854. The number of azide groups is 1. The molecule has 0 amide bonds. The number of hydrogen-bond donors (Lipinski definition) is 11. The van der Waals surface area contributed by atoms with Gasteiger partial charge in [-0.05, 0) is 37.6 Å². The summed E-state index contributed by atoms with van der Waals surface area (Å²) >= 11 is 0. The van der Waals surface area contributed by atoms with Crippen molar-refractivity contribution in [3.05, 3.63) is 78.4 Å². The van der Waals surface area contributed by atoms with Crippen molar-refractivity contribution < 1.29 is 59.5 Å². The van der Waals surface area contributed by atoms with Gasteiger partial charge in [0, 0.05) is 23.5 Å². The first-order chi connectivity index (χ1) is 27.3. The van der Waals surface area contributed by atoms with E-state index < -0.39 is 85.5 Å². The van der Waals surface area contributed by atoms with E-state index in [2.05, 4.69) is 43.1 Å². The maximum atomic E-state index is 14.5. The Balaban J connectivity index is 0.000000237. The number of amidine groups is 2. The average molecular weight is 852 g/mol. The van der Waals surface area contributed by atoms with Crippen molar-refractivity contribution >= 4 is 28.5 Å². The molecule has 3 unspecified atom stereocenters. The van der Waals surface area contributed by atoms with Crippen molar-refractivity contribution in [2.45, 2.75) is 101 Å². The fourth-order valence-corrected chi connectivity index (χ4v) is 6.67. The van der Waals surface area contributed by atoms with E-state index in [1.54, 1.807) is 16.8 Å². The first kappa shape index (κ1) is 49.1. The molecule has 24 nitrogen and oxygen atoms in total. The SMILES string of the molecule is C.C.C=C1N=C(N)C=CN1[C@@H]1O[C@@](CO)(N=[N+]=[N-])C(O)[C@@H]1O.C=C1N=C(N)C=CN1[C@@H]1O[C@H](CO)C(O)[C@]1(C)F.C[C@]1(O)C(O)[C@@H](CO)O[C@H]1n1ccc2c(N)ncnc21. The largest absolute Gasteiger partial charge is 0.394 e. The van der Waals surface area contributed by atoms with E-state index >= 15 is 0 Å². The molecule has 12 atom stereocenters. The minimum atomic E-state index is -2.05. The molecule has 0 radical (unpaired) electrons. The average Bonchev–Trinajstić information content (AvgIpc) is 3.85. The summed E-state index contributed by atoms with van der Waals surface area (Å²) in [6.45, 7) is 8.31. The second-order valence-electron chi connectivity index (χ2n) is 13.9. The van der Waals surface area contributed by atoms with Crippen LogP contribution >= 0.6 is 0 Å². The molecule has 5 aliphatic heterocycles. The maximum absolute atomic E-state index is 14.5. The molecule has 60 heavy (non-hydrogen) atoms. The topological polar surface area (TPSA) is 378 Å². The fraction of sp³-hybridized carbons (Fsp3) is 0.543. The number of rotatable bonds is 7. The third-order valence-electron chi connectivity index (χ3n) is 9.92. The van der Waals surface area contributed by atoms with Crippen LogP contribution in [0.1, 0.15) is 34.9 Å². The Labute approximate surface area is 343 Å². The predicted molar refractivity (Wildman–Crippen MR) is 214 cm³/mol. The summed E-state index contributed by atoms with van der Waals surface area (Å²) in [7, 11) is 0. The van der Waals surface area contributed by atoms with Gasteiger partial charge in [-0.15, -0.1) is 0 Å². The number of alkyl halides is 1. The number of fused-ring (bicyclic) bond motifs is 1. The molecular formula is C35H54FN13O11. The van der Waals surface area contributed by atoms with E-state index in [1.807, 2.05) is 0 Å². The lowest BCUT2D eigenvalue weighted by atomic mass is 9.96. The van der Waals surface area contributed by atoms with Gasteiger partial charge in [-0.25, -0.2) is 24.3 Å². The predicted octanol–water partition coefficient (Wildman–Crippen LogP) is -1.54. The first-order valence-corrected chi connectivity index (χ1v) is 17.4. The Kier molecular flexibility index (Phi) is 15.5. The van der Waals surface area contributed by atoms with Gasteiger partial charge in [0.25, 0.3) is 0 Å². The van der Waals surface area contributed by atoms with Crippen LogP contribution in [0.5, 0.6) is 0 Å². The lowest BCUT2D eigenvalue weighted by molar-refractivity contribution is -0.130. The van der Waals surface area contributed by atoms with Crippen LogP contribution in [0.25, 0.3) is 21.5 Å². The molecule has 3 fully saturated rings. The van der Waals surface area contributed by atoms with Gasteiger partial charge in [0.05, 0.1) is 25.2 Å². The number of aliphatic imine (C=N–C) groups is 2. The van der Waals surface area contributed by atoms with Crippen molar-refractivity contribution in [2.75, 3.05) is 25.6 Å². The van der Waals surface area contributed by atoms with E-state index in [0.29, 0.717) is 16.9 Å². The molecule has 3 saturated heterocycles. The van der Waals surface area contributed by atoms with E-state index in [4.69, 9.17) is 42.0 Å². The van der Waals surface area contributed by atoms with Crippen molar-refractivity contribution in [1.29, 1.82) is 0 Å². The second-order valence-corrected chi connectivity index (χ2v) is 13.9. The zero-order valence-corrected chi connectivity index (χ0v) is 31.2. The molecule has 5 aliphatic rings. The van der Waals surface area contributed by atoms with Crippen LogP contribution in [0.15, 0.2) is 83.0 Å². The van der Waals surface area contributed by atoms with Crippen LogP contribution in [-0.2, 0) is 14.2 Å². The van der Waals surface area contributed by atoms with Crippen molar-refractivity contribution in [3.63, 3.8) is 0 Å². The van der Waals surface area contributed by atoms with E-state index in [9.17, 15) is 40.1 Å². The second kappa shape index (κ2) is 19.0. The van der Waals surface area contributed by atoms with Crippen LogP contribution < -0.4 is 17.2 Å². The molecule has 332 valence electrons. The van der Waals surface area contributed by atoms with Crippen LogP contribution in [0.4, 0.5) is 10.2 Å². The standard InChI is InChI=1S/C12H16N4O4.C11H16FN3O3.C10H14N6O4.2CH4/c1-12(19)8(18)7(4-17)20-11(12)16-3-2-6-9(13)14-5-15-10(6)16;1-6-14-8(13)3-4-15(6)10-11(2,12)9(17)7(5-16)18-10;1-5-13-6(11)2-3-16(5)9-7(18)8(19)10(4-17,20-9)14-15-12;;/h2-3,5,7-8,11,17-19H,4H2,1H3,(H2,13,14,15);3-4,7,9-10,16-17H,1,5H2,2H3,(H2,13,14);2-3,7-9,17-19H,1,4H2,(H2,11,13);2*1H4/t7-,8?,11-,12+;7-,9?,10-,11+;7-,8?,9+,10+;;/m110../s1. The van der Waals surface area contributed by atoms with Crippen LogP contribution in [0, 0.1) is 0 Å². The van der Waals surface area contributed by atoms with Crippen molar-refractivity contribution in [3.8, 4) is 0 Å². The summed E-state index contributed by atoms with van der Waals surface area (Å²) in [5.41, 5.74) is 20.2. The lowest BCUT2D eigenvalue weighted by Crippen LogP contribution is -2.48. The Morgan fingerprint density at radius 3 is 1.93 bits per heavy atom. The number of aromatic nitrogens is 3. The molecule has 25 heteroatoms. The normalized spacial score (nSPS) is 35.6. The summed E-state index contributed by atoms with van der Waals surface area (Å²) in [6, 6.07) is 1.71. The number of nitrogen functional groups attached to an aromatic ring is 1. The molecule has 14 N–H and O–H groups in total. The van der Waals surface area contributed by atoms with Gasteiger partial charge < -0.3 is 86.6 Å². The first-order valence-electron chi connectivity index (χ1n) is 17.4. The minimum absolute atomic E-state index is 0. The number of nitrogens with zero attached hydrogens (tertiary/aromatic N) is 10. The van der Waals surface area contributed by atoms with E-state index in [-0.39, 0.29) is 44.8 Å². The number of ether oxygens (including phenoxy) is 3. The Bertz CT molecular complexity index is 2040. The zero-order valence-electron chi connectivity index (χ0n) is 31.2. The molecule has 2 aromatic heterocycles. The van der Waals surface area contributed by atoms with Gasteiger partial charge in [-0.3, -0.25) is 0 Å². The molecule has 7 rings (SSSR count). The van der Waals surface area contributed by atoms with Crippen LogP contribution in [0.3, 0.4) is 0 Å². The number of aliphatic hydroxyl groups excluding tert-OH is 7. The van der Waals surface area contributed by atoms with Gasteiger partial charge in [0.15, 0.2) is 24.4 Å². The fourth-order valence-electron chi connectivity index (χ4n) is 6.67. The molecule has 0 saturated carbocycles. The number of nitrogens with two attached hydrogens (primary N) is 3. The smallest absolute Gasteiger partial charge is 0.200 e. The molecular weight excluding hydrogens is 797 g/mol. The summed E-state index contributed by atoms with van der Waals surface area (Å²) in [5.74, 6) is 1.20. The molecule has 7 heterocycles. The Hall–Kier alpha value is -5.28. The monoisotopic (exact) mass is 851 g/mol. The van der Waals surface area contributed by atoms with Gasteiger partial charge >= 0.3 is 0 Å². The number of hydrogen-bond acceptors (Lipinski definition) is 21. The van der Waals surface area contributed by atoms with Gasteiger partial charge in [-0.1, -0.05) is 33.1 Å². The Morgan fingerprint density at radius 1 is 0.883 bits per heavy atom. The van der Waals surface area contributed by atoms with E-state index in [1.165, 1.54) is 54.5 Å². The number of aliphatic hydroxyl groups is 8. The maximum Gasteiger partial charge on any atom is 0.200 e. The zero-order chi connectivity index (χ0) is 42.9. The van der Waals surface area contributed by atoms with Gasteiger partial charge in [0.2, 0.25) is 5.72 Å². The molecule has 0 bridgehead atoms. The highest BCUT2D eigenvalue weighted by molar-refractivity contribution is 5.93. The van der Waals surface area contributed by atoms with Gasteiger partial charge in [-0.2, -0.15) is 0 Å². The summed E-state index contributed by atoms with van der Waals surface area (Å²) < 4.78 is 32.3. The minimum Gasteiger partial charge on any atom is -0.394 e. The summed E-state index contributed by atoms with van der Waals surface area (Å²) in [5, 5.41) is 81.6.